The maximum absolute atomic E-state index is 13.4. The number of carbonyl (C=O) groups is 1. The van der Waals surface area contributed by atoms with E-state index in [1.807, 2.05) is 6.92 Å². The molecule has 2 aromatic rings. The van der Waals surface area contributed by atoms with Crippen molar-refractivity contribution in [1.29, 1.82) is 0 Å². The van der Waals surface area contributed by atoms with Crippen LogP contribution in [-0.2, 0) is 21.2 Å². The molecule has 0 spiro atoms. The summed E-state index contributed by atoms with van der Waals surface area (Å²) in [6, 6.07) is 6.24. The van der Waals surface area contributed by atoms with Gasteiger partial charge in [-0.1, -0.05) is 24.6 Å². The minimum absolute atomic E-state index is 0.00138. The SMILES string of the molecule is CCc1c2c(n(S(=O)(=O)c3ccc(C)cc3)c1C(N)=O)C(=C=O)N(C)C=C2. The molecule has 1 aliphatic rings. The van der Waals surface area contributed by atoms with E-state index in [4.69, 9.17) is 5.73 Å². The van der Waals surface area contributed by atoms with E-state index in [0.717, 1.165) is 9.54 Å². The van der Waals surface area contributed by atoms with Gasteiger partial charge < -0.3 is 10.6 Å². The lowest BCUT2D eigenvalue weighted by molar-refractivity contribution is 0.0993. The van der Waals surface area contributed by atoms with Gasteiger partial charge in [-0.15, -0.1) is 0 Å². The third-order valence-electron chi connectivity index (χ3n) is 4.56. The molecule has 1 aromatic carbocycles. The quantitative estimate of drug-likeness (QED) is 0.808. The van der Waals surface area contributed by atoms with Crippen molar-refractivity contribution in [3.63, 3.8) is 0 Å². The van der Waals surface area contributed by atoms with Gasteiger partial charge in [0.05, 0.1) is 4.90 Å². The summed E-state index contributed by atoms with van der Waals surface area (Å²) in [5.74, 6) is 0.914. The van der Waals surface area contributed by atoms with Crippen molar-refractivity contribution in [2.75, 3.05) is 7.05 Å². The highest BCUT2D eigenvalue weighted by Crippen LogP contribution is 2.36. The summed E-state index contributed by atoms with van der Waals surface area (Å²) in [5, 5.41) is 0. The smallest absolute Gasteiger partial charge is 0.268 e. The molecule has 3 rings (SSSR count). The number of fused-ring (bicyclic) bond motifs is 1. The number of hydrogen-bond donors (Lipinski definition) is 1. The fourth-order valence-corrected chi connectivity index (χ4v) is 4.79. The molecule has 27 heavy (non-hydrogen) atoms. The van der Waals surface area contributed by atoms with E-state index in [1.165, 1.54) is 17.0 Å². The second-order valence-corrected chi connectivity index (χ2v) is 8.05. The van der Waals surface area contributed by atoms with E-state index in [1.54, 1.807) is 44.3 Å². The standard InChI is InChI=1S/C19H19N3O4S/c1-4-14-15-9-10-21(3)16(11-23)17(15)22(18(14)19(20)24)27(25,26)13-7-5-12(2)6-8-13/h5-10H,4H2,1-3H3,(H2,20,24). The van der Waals surface area contributed by atoms with Crippen LogP contribution >= 0.6 is 0 Å². The third kappa shape index (κ3) is 2.79. The van der Waals surface area contributed by atoms with Crippen LogP contribution in [0.5, 0.6) is 0 Å². The monoisotopic (exact) mass is 385 g/mol. The number of rotatable bonds is 4. The second-order valence-electron chi connectivity index (χ2n) is 6.27. The van der Waals surface area contributed by atoms with E-state index in [-0.39, 0.29) is 22.0 Å². The number of amides is 1. The topological polar surface area (TPSA) is 102 Å². The van der Waals surface area contributed by atoms with Crippen molar-refractivity contribution in [1.82, 2.24) is 8.87 Å². The molecular formula is C19H19N3O4S. The van der Waals surface area contributed by atoms with Crippen molar-refractivity contribution < 1.29 is 18.0 Å². The molecule has 0 radical (unpaired) electrons. The number of hydrogen-bond acceptors (Lipinski definition) is 5. The lowest BCUT2D eigenvalue weighted by Gasteiger charge is -2.22. The molecule has 0 saturated carbocycles. The first kappa shape index (κ1) is 18.7. The van der Waals surface area contributed by atoms with Gasteiger partial charge >= 0.3 is 0 Å². The lowest BCUT2D eigenvalue weighted by Crippen LogP contribution is -2.26. The van der Waals surface area contributed by atoms with Gasteiger partial charge in [0.2, 0.25) is 0 Å². The highest BCUT2D eigenvalue weighted by atomic mass is 32.2. The van der Waals surface area contributed by atoms with Crippen LogP contribution in [0.3, 0.4) is 0 Å². The number of aryl methyl sites for hydroxylation is 1. The summed E-state index contributed by atoms with van der Waals surface area (Å²) in [6.45, 7) is 3.63. The van der Waals surface area contributed by atoms with Crippen molar-refractivity contribution >= 4 is 33.6 Å². The Bertz CT molecular complexity index is 1120. The van der Waals surface area contributed by atoms with Crippen LogP contribution < -0.4 is 5.73 Å². The summed E-state index contributed by atoms with van der Waals surface area (Å²) >= 11 is 0. The molecule has 1 aliphatic heterocycles. The van der Waals surface area contributed by atoms with Crippen LogP contribution in [0, 0.1) is 6.92 Å². The molecule has 8 heteroatoms. The Balaban J connectivity index is 2.47. The largest absolute Gasteiger partial charge is 0.364 e. The Labute approximate surface area is 157 Å². The highest BCUT2D eigenvalue weighted by Gasteiger charge is 2.35. The van der Waals surface area contributed by atoms with Crippen molar-refractivity contribution in [2.24, 2.45) is 5.73 Å². The van der Waals surface area contributed by atoms with Gasteiger partial charge in [-0.25, -0.2) is 17.2 Å². The Hall–Kier alpha value is -3.09. The second kappa shape index (κ2) is 6.57. The number of benzene rings is 1. The molecule has 0 bridgehead atoms. The van der Waals surface area contributed by atoms with E-state index in [2.05, 4.69) is 0 Å². The lowest BCUT2D eigenvalue weighted by atomic mass is 10.0. The van der Waals surface area contributed by atoms with Gasteiger partial charge in [-0.3, -0.25) is 4.79 Å². The third-order valence-corrected chi connectivity index (χ3v) is 6.27. The van der Waals surface area contributed by atoms with Crippen LogP contribution in [0.25, 0.3) is 11.8 Å². The zero-order valence-corrected chi connectivity index (χ0v) is 16.0. The van der Waals surface area contributed by atoms with E-state index in [0.29, 0.717) is 17.5 Å². The molecule has 2 N–H and O–H groups in total. The Morgan fingerprint density at radius 2 is 1.85 bits per heavy atom. The molecule has 0 saturated heterocycles. The van der Waals surface area contributed by atoms with Crippen LogP contribution in [-0.4, -0.2) is 36.2 Å². The summed E-state index contributed by atoms with van der Waals surface area (Å²) < 4.78 is 27.7. The first-order valence-corrected chi connectivity index (χ1v) is 9.74. The van der Waals surface area contributed by atoms with Crippen molar-refractivity contribution in [2.45, 2.75) is 25.2 Å². The predicted octanol–water partition coefficient (Wildman–Crippen LogP) is 1.78. The molecular weight excluding hydrogens is 366 g/mol. The number of aromatic nitrogens is 1. The average molecular weight is 385 g/mol. The summed E-state index contributed by atoms with van der Waals surface area (Å²) in [7, 11) is -2.57. The van der Waals surface area contributed by atoms with E-state index < -0.39 is 15.9 Å². The van der Waals surface area contributed by atoms with Gasteiger partial charge in [-0.05, 0) is 37.1 Å². The van der Waals surface area contributed by atoms with Crippen LogP contribution in [0.15, 0.2) is 35.4 Å². The number of carbonyl (C=O) groups excluding carboxylic acids is 2. The minimum Gasteiger partial charge on any atom is -0.364 e. The average Bonchev–Trinajstić information content (AvgIpc) is 2.97. The summed E-state index contributed by atoms with van der Waals surface area (Å²) in [5.41, 5.74) is 7.38. The van der Waals surface area contributed by atoms with Crippen molar-refractivity contribution in [3.8, 4) is 0 Å². The number of nitrogens with zero attached hydrogens (tertiary/aromatic N) is 2. The fraction of sp³-hybridized carbons (Fsp3) is 0.211. The molecule has 0 fully saturated rings. The van der Waals surface area contributed by atoms with Crippen LogP contribution in [0.4, 0.5) is 0 Å². The molecule has 1 amide bonds. The molecule has 140 valence electrons. The summed E-state index contributed by atoms with van der Waals surface area (Å²) in [6.07, 6.45) is 3.66. The zero-order chi connectivity index (χ0) is 19.9. The number of nitrogens with two attached hydrogens (primary N) is 1. The normalized spacial score (nSPS) is 13.4. The van der Waals surface area contributed by atoms with Gasteiger partial charge in [0.1, 0.15) is 11.4 Å². The van der Waals surface area contributed by atoms with Gasteiger partial charge in [-0.2, -0.15) is 0 Å². The van der Waals surface area contributed by atoms with Crippen LogP contribution in [0.1, 0.15) is 39.8 Å². The Kier molecular flexibility index (Phi) is 4.55. The molecule has 7 nitrogen and oxygen atoms in total. The van der Waals surface area contributed by atoms with Crippen molar-refractivity contribution in [3.05, 3.63) is 58.5 Å². The molecule has 0 aliphatic carbocycles. The number of primary amides is 1. The van der Waals surface area contributed by atoms with Gasteiger partial charge in [0.25, 0.3) is 15.9 Å². The molecule has 0 atom stereocenters. The zero-order valence-electron chi connectivity index (χ0n) is 15.2. The molecule has 1 aromatic heterocycles. The maximum atomic E-state index is 13.4. The first-order chi connectivity index (χ1) is 12.7. The molecule has 2 heterocycles. The first-order valence-electron chi connectivity index (χ1n) is 8.30. The van der Waals surface area contributed by atoms with Crippen LogP contribution in [0.2, 0.25) is 0 Å². The van der Waals surface area contributed by atoms with Gasteiger partial charge in [0, 0.05) is 18.8 Å². The minimum atomic E-state index is -4.17. The predicted molar refractivity (Wildman–Crippen MR) is 102 cm³/mol. The van der Waals surface area contributed by atoms with Gasteiger partial charge in [0.15, 0.2) is 11.6 Å². The van der Waals surface area contributed by atoms with E-state index >= 15 is 0 Å². The Morgan fingerprint density at radius 1 is 1.22 bits per heavy atom. The fourth-order valence-electron chi connectivity index (χ4n) is 3.23. The Morgan fingerprint density at radius 3 is 2.37 bits per heavy atom. The summed E-state index contributed by atoms with van der Waals surface area (Å²) in [4.78, 5) is 25.3. The maximum Gasteiger partial charge on any atom is 0.268 e. The highest BCUT2D eigenvalue weighted by molar-refractivity contribution is 7.90. The molecule has 0 unspecified atom stereocenters. The van der Waals surface area contributed by atoms with E-state index in [9.17, 15) is 18.0 Å².